The Morgan fingerprint density at radius 2 is 1.69 bits per heavy atom. The lowest BCUT2D eigenvalue weighted by Crippen LogP contribution is -2.39. The molecule has 0 amide bonds. The van der Waals surface area contributed by atoms with Crippen molar-refractivity contribution in [3.05, 3.63) is 120 Å². The minimum atomic E-state index is -1.84. The van der Waals surface area contributed by atoms with E-state index in [0.29, 0.717) is 18.1 Å². The van der Waals surface area contributed by atoms with Gasteiger partial charge in [-0.1, -0.05) is 30.3 Å². The van der Waals surface area contributed by atoms with Crippen LogP contribution in [-0.2, 0) is 18.7 Å². The Labute approximate surface area is 223 Å². The third-order valence-corrected chi connectivity index (χ3v) is 6.16. The van der Waals surface area contributed by atoms with Gasteiger partial charge < -0.3 is 20.3 Å². The zero-order chi connectivity index (χ0) is 27.2. The number of anilines is 1. The molecular formula is C29H25F2N5O3. The Morgan fingerprint density at radius 3 is 2.36 bits per heavy atom. The third kappa shape index (κ3) is 6.36. The van der Waals surface area contributed by atoms with E-state index in [1.54, 1.807) is 30.5 Å². The lowest BCUT2D eigenvalue weighted by atomic mass is 9.94. The molecule has 8 nitrogen and oxygen atoms in total. The fourth-order valence-electron chi connectivity index (χ4n) is 4.08. The van der Waals surface area contributed by atoms with Gasteiger partial charge in [-0.15, -0.1) is 0 Å². The second-order valence-corrected chi connectivity index (χ2v) is 9.01. The number of phenolic OH excluding ortho intramolecular Hbond substituents is 1. The molecule has 2 heterocycles. The molecule has 1 atom stereocenters. The van der Waals surface area contributed by atoms with Gasteiger partial charge in [0, 0.05) is 29.9 Å². The van der Waals surface area contributed by atoms with Gasteiger partial charge in [0.25, 0.3) is 0 Å². The number of ether oxygens (including phenoxy) is 1. The molecule has 0 bridgehead atoms. The van der Waals surface area contributed by atoms with E-state index in [1.807, 2.05) is 36.4 Å². The van der Waals surface area contributed by atoms with E-state index in [-0.39, 0.29) is 24.5 Å². The van der Waals surface area contributed by atoms with E-state index in [4.69, 9.17) is 4.74 Å². The first-order chi connectivity index (χ1) is 18.9. The van der Waals surface area contributed by atoms with E-state index in [1.165, 1.54) is 23.4 Å². The van der Waals surface area contributed by atoms with E-state index in [2.05, 4.69) is 20.4 Å². The summed E-state index contributed by atoms with van der Waals surface area (Å²) in [6.45, 7) is 0.119. The zero-order valence-corrected chi connectivity index (χ0v) is 20.7. The molecule has 0 spiro atoms. The zero-order valence-electron chi connectivity index (χ0n) is 20.7. The van der Waals surface area contributed by atoms with E-state index >= 15 is 0 Å². The largest absolute Gasteiger partial charge is 0.508 e. The number of hydrogen-bond acceptors (Lipinski definition) is 7. The fourth-order valence-corrected chi connectivity index (χ4v) is 4.08. The molecule has 0 saturated carbocycles. The lowest BCUT2D eigenvalue weighted by Gasteiger charge is -2.29. The molecule has 5 aromatic rings. The van der Waals surface area contributed by atoms with Crippen molar-refractivity contribution in [3.8, 4) is 22.6 Å². The SMILES string of the molecule is Oc1ccc(CNc2ccc(-c3ccc(OCC(O)(Cn4cncn4)c4ccc(F)cc4F)cc3)cn2)cc1. The maximum atomic E-state index is 14.6. The molecular weight excluding hydrogens is 504 g/mol. The summed E-state index contributed by atoms with van der Waals surface area (Å²) in [7, 11) is 0. The van der Waals surface area contributed by atoms with Crippen LogP contribution in [0.4, 0.5) is 14.6 Å². The van der Waals surface area contributed by atoms with Crippen molar-refractivity contribution in [2.24, 2.45) is 0 Å². The van der Waals surface area contributed by atoms with Crippen LogP contribution in [0, 0.1) is 11.6 Å². The van der Waals surface area contributed by atoms with Crippen LogP contribution in [0.3, 0.4) is 0 Å². The number of nitrogens with zero attached hydrogens (tertiary/aromatic N) is 4. The van der Waals surface area contributed by atoms with E-state index in [0.717, 1.165) is 28.8 Å². The smallest absolute Gasteiger partial charge is 0.146 e. The topological polar surface area (TPSA) is 105 Å². The molecule has 0 saturated heterocycles. The summed E-state index contributed by atoms with van der Waals surface area (Å²) in [5.74, 6) is -0.233. The standard InChI is InChI=1S/C29H25F2N5O3/c30-23-6-11-26(27(31)13-23)29(38,16-36-19-32-18-35-36)17-39-25-9-3-21(4-10-25)22-5-12-28(34-15-22)33-14-20-1-7-24(37)8-2-20/h1-13,15,18-19,37-38H,14,16-17H2,(H,33,34). The predicted octanol–water partition coefficient (Wildman–Crippen LogP) is 4.90. The van der Waals surface area contributed by atoms with Crippen molar-refractivity contribution in [1.29, 1.82) is 0 Å². The first kappa shape index (κ1) is 25.8. The summed E-state index contributed by atoms with van der Waals surface area (Å²) in [5, 5.41) is 28.0. The van der Waals surface area contributed by atoms with Gasteiger partial charge in [-0.2, -0.15) is 5.10 Å². The van der Waals surface area contributed by atoms with Crippen LogP contribution in [0.1, 0.15) is 11.1 Å². The Kier molecular flexibility index (Phi) is 7.46. The molecule has 5 rings (SSSR count). The van der Waals surface area contributed by atoms with E-state index in [9.17, 15) is 19.0 Å². The van der Waals surface area contributed by atoms with Crippen LogP contribution in [0.25, 0.3) is 11.1 Å². The lowest BCUT2D eigenvalue weighted by molar-refractivity contribution is -0.0297. The Hall–Kier alpha value is -4.83. The van der Waals surface area contributed by atoms with Gasteiger partial charge in [0.1, 0.15) is 53.8 Å². The fraction of sp³-hybridized carbons (Fsp3) is 0.138. The summed E-state index contributed by atoms with van der Waals surface area (Å²) in [6.07, 6.45) is 4.45. The number of rotatable bonds is 10. The highest BCUT2D eigenvalue weighted by Gasteiger charge is 2.34. The van der Waals surface area contributed by atoms with Crippen LogP contribution in [0.5, 0.6) is 11.5 Å². The van der Waals surface area contributed by atoms with Crippen molar-refractivity contribution < 1.29 is 23.7 Å². The van der Waals surface area contributed by atoms with Gasteiger partial charge in [-0.3, -0.25) is 0 Å². The molecule has 10 heteroatoms. The number of aromatic nitrogens is 4. The number of hydrogen-bond donors (Lipinski definition) is 3. The number of aromatic hydroxyl groups is 1. The van der Waals surface area contributed by atoms with Gasteiger partial charge in [0.15, 0.2) is 0 Å². The number of halogens is 2. The second-order valence-electron chi connectivity index (χ2n) is 9.01. The average Bonchev–Trinajstić information content (AvgIpc) is 3.45. The third-order valence-electron chi connectivity index (χ3n) is 6.16. The highest BCUT2D eigenvalue weighted by molar-refractivity contribution is 5.64. The highest BCUT2D eigenvalue weighted by Crippen LogP contribution is 2.29. The van der Waals surface area contributed by atoms with Gasteiger partial charge in [-0.25, -0.2) is 23.4 Å². The maximum absolute atomic E-state index is 14.6. The van der Waals surface area contributed by atoms with Crippen LogP contribution in [0.15, 0.2) is 97.7 Å². The van der Waals surface area contributed by atoms with Crippen molar-refractivity contribution in [1.82, 2.24) is 19.7 Å². The monoisotopic (exact) mass is 529 g/mol. The summed E-state index contributed by atoms with van der Waals surface area (Å²) in [4.78, 5) is 8.32. The molecule has 0 aliphatic heterocycles. The average molecular weight is 530 g/mol. The van der Waals surface area contributed by atoms with Gasteiger partial charge in [0.05, 0.1) is 6.54 Å². The number of pyridine rings is 1. The summed E-state index contributed by atoms with van der Waals surface area (Å²) in [5.41, 5.74) is 0.873. The van der Waals surface area contributed by atoms with Crippen molar-refractivity contribution >= 4 is 5.82 Å². The number of phenols is 1. The molecule has 0 fully saturated rings. The molecule has 39 heavy (non-hydrogen) atoms. The molecule has 0 aliphatic carbocycles. The van der Waals surface area contributed by atoms with Gasteiger partial charge in [0.2, 0.25) is 0 Å². The van der Waals surface area contributed by atoms with Crippen LogP contribution in [0.2, 0.25) is 0 Å². The van der Waals surface area contributed by atoms with Crippen molar-refractivity contribution in [2.45, 2.75) is 18.7 Å². The van der Waals surface area contributed by atoms with Gasteiger partial charge >= 0.3 is 0 Å². The molecule has 3 N–H and O–H groups in total. The maximum Gasteiger partial charge on any atom is 0.146 e. The molecule has 0 radical (unpaired) electrons. The Balaban J connectivity index is 1.24. The van der Waals surface area contributed by atoms with E-state index < -0.39 is 17.2 Å². The minimum absolute atomic E-state index is 0.110. The summed E-state index contributed by atoms with van der Waals surface area (Å²) < 4.78 is 35.3. The minimum Gasteiger partial charge on any atom is -0.508 e. The highest BCUT2D eigenvalue weighted by atomic mass is 19.1. The van der Waals surface area contributed by atoms with Crippen LogP contribution in [-0.4, -0.2) is 36.6 Å². The van der Waals surface area contributed by atoms with Crippen LogP contribution >= 0.6 is 0 Å². The first-order valence-corrected chi connectivity index (χ1v) is 12.1. The number of benzene rings is 3. The number of nitrogens with one attached hydrogen (secondary N) is 1. The first-order valence-electron chi connectivity index (χ1n) is 12.1. The molecule has 3 aromatic carbocycles. The van der Waals surface area contributed by atoms with Crippen molar-refractivity contribution in [2.75, 3.05) is 11.9 Å². The summed E-state index contributed by atoms with van der Waals surface area (Å²) >= 11 is 0. The predicted molar refractivity (Wildman–Crippen MR) is 141 cm³/mol. The van der Waals surface area contributed by atoms with Crippen LogP contribution < -0.4 is 10.1 Å². The Morgan fingerprint density at radius 1 is 0.923 bits per heavy atom. The van der Waals surface area contributed by atoms with Gasteiger partial charge in [-0.05, 0) is 53.6 Å². The second kappa shape index (κ2) is 11.3. The molecule has 0 aliphatic rings. The summed E-state index contributed by atoms with van der Waals surface area (Å²) in [6, 6.07) is 21.0. The molecule has 198 valence electrons. The normalized spacial score (nSPS) is 12.6. The Bertz CT molecular complexity index is 1510. The quantitative estimate of drug-likeness (QED) is 0.236. The molecule has 1 unspecified atom stereocenters. The number of aliphatic hydroxyl groups is 1. The van der Waals surface area contributed by atoms with Crippen molar-refractivity contribution in [3.63, 3.8) is 0 Å². The molecule has 2 aromatic heterocycles.